The van der Waals surface area contributed by atoms with E-state index in [9.17, 15) is 5.11 Å². The lowest BCUT2D eigenvalue weighted by Gasteiger charge is -2.25. The molecule has 1 fully saturated rings. The fourth-order valence-corrected chi connectivity index (χ4v) is 3.47. The molecule has 0 amide bonds. The molecule has 0 spiro atoms. The second-order valence-corrected chi connectivity index (χ2v) is 6.95. The van der Waals surface area contributed by atoms with Crippen LogP contribution in [0.4, 0.5) is 0 Å². The Kier molecular flexibility index (Phi) is 6.73. The maximum atomic E-state index is 10.2. The summed E-state index contributed by atoms with van der Waals surface area (Å²) in [6, 6.07) is 5.41. The van der Waals surface area contributed by atoms with E-state index in [2.05, 4.69) is 10.2 Å². The fourth-order valence-electron chi connectivity index (χ4n) is 2.78. The van der Waals surface area contributed by atoms with E-state index in [-0.39, 0.29) is 0 Å². The molecule has 0 aliphatic carbocycles. The van der Waals surface area contributed by atoms with E-state index >= 15 is 0 Å². The van der Waals surface area contributed by atoms with Crippen LogP contribution in [0.5, 0.6) is 11.5 Å². The van der Waals surface area contributed by atoms with Crippen molar-refractivity contribution in [1.82, 2.24) is 10.2 Å². The summed E-state index contributed by atoms with van der Waals surface area (Å²) in [4.78, 5) is 1.36. The average molecular weight is 382 g/mol. The lowest BCUT2D eigenvalue weighted by Crippen LogP contribution is -3.15. The van der Waals surface area contributed by atoms with Crippen molar-refractivity contribution in [3.05, 3.63) is 18.2 Å². The fraction of sp³-hybridized carbons (Fsp3) is 0.529. The molecular weight excluding hydrogens is 358 g/mol. The van der Waals surface area contributed by atoms with Crippen molar-refractivity contribution >= 4 is 11.8 Å². The topological polar surface area (TPSA) is 91.3 Å². The zero-order valence-electron chi connectivity index (χ0n) is 14.9. The Morgan fingerprint density at radius 1 is 1.19 bits per heavy atom. The maximum Gasteiger partial charge on any atom is 0.276 e. The van der Waals surface area contributed by atoms with Crippen LogP contribution in [0.25, 0.3) is 11.5 Å². The molecule has 1 aliphatic heterocycles. The van der Waals surface area contributed by atoms with E-state index < -0.39 is 6.10 Å². The van der Waals surface area contributed by atoms with Gasteiger partial charge in [-0.3, -0.25) is 0 Å². The molecule has 1 aromatic heterocycles. The third-order valence-electron chi connectivity index (χ3n) is 4.16. The Balaban J connectivity index is 1.56. The number of morpholine rings is 1. The van der Waals surface area contributed by atoms with Crippen molar-refractivity contribution in [2.75, 3.05) is 52.8 Å². The normalized spacial score (nSPS) is 16.4. The highest BCUT2D eigenvalue weighted by molar-refractivity contribution is 7.99. The number of aromatic nitrogens is 2. The van der Waals surface area contributed by atoms with Gasteiger partial charge >= 0.3 is 0 Å². The van der Waals surface area contributed by atoms with Gasteiger partial charge in [0.05, 0.1) is 27.4 Å². The minimum atomic E-state index is -0.426. The van der Waals surface area contributed by atoms with Crippen LogP contribution in [0, 0.1) is 0 Å². The molecule has 2 heterocycles. The predicted octanol–water partition coefficient (Wildman–Crippen LogP) is 0.122. The number of ether oxygens (including phenoxy) is 3. The van der Waals surface area contributed by atoms with Gasteiger partial charge in [-0.15, -0.1) is 10.2 Å². The molecule has 1 aromatic carbocycles. The molecule has 2 N–H and O–H groups in total. The van der Waals surface area contributed by atoms with E-state index in [0.29, 0.717) is 34.9 Å². The van der Waals surface area contributed by atoms with Crippen molar-refractivity contribution in [3.63, 3.8) is 0 Å². The molecule has 0 saturated carbocycles. The molecule has 142 valence electrons. The van der Waals surface area contributed by atoms with E-state index in [4.69, 9.17) is 18.6 Å². The number of hydrogen-bond donors (Lipinski definition) is 2. The average Bonchev–Trinajstić information content (AvgIpc) is 3.15. The van der Waals surface area contributed by atoms with Gasteiger partial charge in [-0.1, -0.05) is 11.8 Å². The third kappa shape index (κ3) is 4.88. The van der Waals surface area contributed by atoms with Crippen molar-refractivity contribution in [2.45, 2.75) is 11.3 Å². The molecule has 8 nitrogen and oxygen atoms in total. The zero-order chi connectivity index (χ0) is 18.4. The first-order valence-corrected chi connectivity index (χ1v) is 9.46. The second-order valence-electron chi connectivity index (χ2n) is 5.97. The SMILES string of the molecule is COc1ccc(-c2nnc(SC[C@@H](O)C[NH+]3CCOCC3)o2)cc1OC. The molecule has 0 radical (unpaired) electrons. The number of rotatable bonds is 8. The van der Waals surface area contributed by atoms with Crippen molar-refractivity contribution in [2.24, 2.45) is 0 Å². The maximum absolute atomic E-state index is 10.2. The van der Waals surface area contributed by atoms with Gasteiger partial charge in [-0.25, -0.2) is 0 Å². The Labute approximate surface area is 156 Å². The summed E-state index contributed by atoms with van der Waals surface area (Å²) in [5, 5.41) is 18.8. The predicted molar refractivity (Wildman–Crippen MR) is 96.0 cm³/mol. The summed E-state index contributed by atoms with van der Waals surface area (Å²) in [6.07, 6.45) is -0.426. The van der Waals surface area contributed by atoms with Gasteiger partial charge in [0.15, 0.2) is 11.5 Å². The van der Waals surface area contributed by atoms with Crippen LogP contribution in [-0.2, 0) is 4.74 Å². The molecular formula is C17H24N3O5S+. The number of thioether (sulfide) groups is 1. The Morgan fingerprint density at radius 3 is 2.69 bits per heavy atom. The van der Waals surface area contributed by atoms with E-state index in [0.717, 1.165) is 31.9 Å². The van der Waals surface area contributed by atoms with Crippen LogP contribution >= 0.6 is 11.8 Å². The Morgan fingerprint density at radius 2 is 1.96 bits per heavy atom. The van der Waals surface area contributed by atoms with Gasteiger partial charge in [0, 0.05) is 11.3 Å². The number of nitrogens with zero attached hydrogens (tertiary/aromatic N) is 2. The first kappa shape index (κ1) is 19.0. The van der Waals surface area contributed by atoms with Gasteiger partial charge in [0.1, 0.15) is 25.7 Å². The Bertz CT molecular complexity index is 705. The summed E-state index contributed by atoms with van der Waals surface area (Å²) in [5.41, 5.74) is 0.750. The highest BCUT2D eigenvalue weighted by Crippen LogP contribution is 2.32. The molecule has 1 atom stereocenters. The zero-order valence-corrected chi connectivity index (χ0v) is 15.8. The smallest absolute Gasteiger partial charge is 0.276 e. The van der Waals surface area contributed by atoms with Crippen LogP contribution < -0.4 is 14.4 Å². The van der Waals surface area contributed by atoms with Gasteiger partial charge < -0.3 is 28.6 Å². The number of quaternary nitrogens is 1. The van der Waals surface area contributed by atoms with Gasteiger partial charge in [-0.05, 0) is 18.2 Å². The number of aliphatic hydroxyl groups is 1. The number of benzene rings is 1. The summed E-state index contributed by atoms with van der Waals surface area (Å²) >= 11 is 1.36. The second kappa shape index (κ2) is 9.22. The third-order valence-corrected chi connectivity index (χ3v) is 5.12. The molecule has 26 heavy (non-hydrogen) atoms. The van der Waals surface area contributed by atoms with E-state index in [1.165, 1.54) is 16.7 Å². The monoisotopic (exact) mass is 382 g/mol. The van der Waals surface area contributed by atoms with Crippen LogP contribution in [0.3, 0.4) is 0 Å². The molecule has 0 unspecified atom stereocenters. The summed E-state index contributed by atoms with van der Waals surface area (Å²) < 4.78 is 21.5. The van der Waals surface area contributed by atoms with Crippen molar-refractivity contribution < 1.29 is 28.6 Å². The molecule has 1 saturated heterocycles. The minimum absolute atomic E-state index is 0.404. The molecule has 1 aliphatic rings. The lowest BCUT2D eigenvalue weighted by molar-refractivity contribution is -0.910. The first-order chi connectivity index (χ1) is 12.7. The largest absolute Gasteiger partial charge is 0.493 e. The van der Waals surface area contributed by atoms with Crippen LogP contribution in [0.1, 0.15) is 0 Å². The van der Waals surface area contributed by atoms with Crippen LogP contribution in [0.2, 0.25) is 0 Å². The highest BCUT2D eigenvalue weighted by Gasteiger charge is 2.19. The molecule has 3 rings (SSSR count). The number of nitrogens with one attached hydrogen (secondary N) is 1. The molecule has 0 bridgehead atoms. The van der Waals surface area contributed by atoms with Crippen molar-refractivity contribution in [3.8, 4) is 23.0 Å². The van der Waals surface area contributed by atoms with Gasteiger partial charge in [-0.2, -0.15) is 0 Å². The van der Waals surface area contributed by atoms with Crippen LogP contribution in [-0.4, -0.2) is 74.2 Å². The lowest BCUT2D eigenvalue weighted by atomic mass is 10.2. The summed E-state index contributed by atoms with van der Waals surface area (Å²) in [5.74, 6) is 2.15. The van der Waals surface area contributed by atoms with E-state index in [1.807, 2.05) is 6.07 Å². The number of hydrogen-bond acceptors (Lipinski definition) is 8. The molecule has 2 aromatic rings. The summed E-state index contributed by atoms with van der Waals surface area (Å²) in [7, 11) is 3.16. The Hall–Kier alpha value is -1.81. The number of methoxy groups -OCH3 is 2. The van der Waals surface area contributed by atoms with E-state index in [1.54, 1.807) is 26.4 Å². The highest BCUT2D eigenvalue weighted by atomic mass is 32.2. The first-order valence-electron chi connectivity index (χ1n) is 8.47. The quantitative estimate of drug-likeness (QED) is 0.623. The van der Waals surface area contributed by atoms with Gasteiger partial charge in [0.2, 0.25) is 5.89 Å². The summed E-state index contributed by atoms with van der Waals surface area (Å²) in [6.45, 7) is 4.09. The van der Waals surface area contributed by atoms with Gasteiger partial charge in [0.25, 0.3) is 5.22 Å². The van der Waals surface area contributed by atoms with Crippen LogP contribution in [0.15, 0.2) is 27.8 Å². The minimum Gasteiger partial charge on any atom is -0.493 e. The standard InChI is InChI=1S/C17H23N3O5S/c1-22-14-4-3-12(9-15(14)23-2)16-18-19-17(25-16)26-11-13(21)10-20-5-7-24-8-6-20/h3-4,9,13,21H,5-8,10-11H2,1-2H3/p+1/t13-/m0/s1. The van der Waals surface area contributed by atoms with Crippen molar-refractivity contribution in [1.29, 1.82) is 0 Å². The molecule has 9 heteroatoms. The number of aliphatic hydroxyl groups excluding tert-OH is 1.